The standard InChI is InChI=1S/C24H19ClN6O/c1-16-5-2-7-18-11-20(23-27-28-29-31(23)22(16)18)15-30(14-17-6-4-10-26-13-17)24(32)19-8-3-9-21(25)12-19/h2-13H,14-15H2,1H3. The van der Waals surface area contributed by atoms with Crippen LogP contribution in [0.5, 0.6) is 0 Å². The average Bonchev–Trinajstić information content (AvgIpc) is 3.29. The Labute approximate surface area is 189 Å². The molecule has 0 N–H and O–H groups in total. The molecule has 0 unspecified atom stereocenters. The third-order valence-electron chi connectivity index (χ3n) is 5.38. The Bertz CT molecular complexity index is 1430. The van der Waals surface area contributed by atoms with Crippen molar-refractivity contribution in [1.82, 2.24) is 29.9 Å². The van der Waals surface area contributed by atoms with Gasteiger partial charge in [0.2, 0.25) is 0 Å². The number of rotatable bonds is 5. The molecule has 0 atom stereocenters. The molecule has 0 bridgehead atoms. The second kappa shape index (κ2) is 8.36. The molecule has 7 nitrogen and oxygen atoms in total. The first-order chi connectivity index (χ1) is 15.6. The van der Waals surface area contributed by atoms with Gasteiger partial charge in [0.15, 0.2) is 5.65 Å². The number of hydrogen-bond acceptors (Lipinski definition) is 5. The van der Waals surface area contributed by atoms with Crippen molar-refractivity contribution in [1.29, 1.82) is 0 Å². The first kappa shape index (κ1) is 20.1. The Morgan fingerprint density at radius 3 is 2.75 bits per heavy atom. The first-order valence-corrected chi connectivity index (χ1v) is 10.5. The van der Waals surface area contributed by atoms with Crippen molar-refractivity contribution in [3.8, 4) is 0 Å². The zero-order chi connectivity index (χ0) is 22.1. The minimum absolute atomic E-state index is 0.133. The van der Waals surface area contributed by atoms with Gasteiger partial charge in [-0.3, -0.25) is 9.78 Å². The molecule has 5 aromatic rings. The van der Waals surface area contributed by atoms with Crippen LogP contribution in [0.15, 0.2) is 73.1 Å². The minimum atomic E-state index is -0.133. The Kier molecular flexibility index (Phi) is 5.25. The number of tetrazole rings is 1. The molecule has 3 heterocycles. The monoisotopic (exact) mass is 442 g/mol. The molecule has 0 saturated heterocycles. The van der Waals surface area contributed by atoms with Crippen molar-refractivity contribution in [3.05, 3.63) is 100 Å². The van der Waals surface area contributed by atoms with E-state index in [1.165, 1.54) is 0 Å². The fraction of sp³-hybridized carbons (Fsp3) is 0.125. The van der Waals surface area contributed by atoms with Crippen molar-refractivity contribution in [2.45, 2.75) is 20.0 Å². The molecule has 0 fully saturated rings. The Morgan fingerprint density at radius 2 is 1.94 bits per heavy atom. The maximum atomic E-state index is 13.5. The maximum absolute atomic E-state index is 13.5. The van der Waals surface area contributed by atoms with E-state index in [2.05, 4.69) is 26.6 Å². The van der Waals surface area contributed by atoms with E-state index in [1.54, 1.807) is 46.1 Å². The van der Waals surface area contributed by atoms with Gasteiger partial charge in [0, 0.05) is 40.5 Å². The van der Waals surface area contributed by atoms with Crippen LogP contribution in [0.2, 0.25) is 5.02 Å². The Morgan fingerprint density at radius 1 is 1.06 bits per heavy atom. The smallest absolute Gasteiger partial charge is 0.254 e. The molecule has 5 rings (SSSR count). The highest BCUT2D eigenvalue weighted by molar-refractivity contribution is 6.30. The van der Waals surface area contributed by atoms with Crippen molar-refractivity contribution in [3.63, 3.8) is 0 Å². The Hall–Kier alpha value is -3.84. The zero-order valence-electron chi connectivity index (χ0n) is 17.3. The minimum Gasteiger partial charge on any atom is -0.330 e. The summed E-state index contributed by atoms with van der Waals surface area (Å²) >= 11 is 6.15. The summed E-state index contributed by atoms with van der Waals surface area (Å²) < 4.78 is 1.74. The van der Waals surface area contributed by atoms with Crippen LogP contribution in [0, 0.1) is 6.92 Å². The Balaban J connectivity index is 1.60. The van der Waals surface area contributed by atoms with Crippen molar-refractivity contribution in [2.24, 2.45) is 0 Å². The van der Waals surface area contributed by atoms with E-state index in [0.29, 0.717) is 29.3 Å². The van der Waals surface area contributed by atoms with Crippen LogP contribution in [-0.4, -0.2) is 35.8 Å². The van der Waals surface area contributed by atoms with Gasteiger partial charge in [-0.2, -0.15) is 4.52 Å². The molecular formula is C24H19ClN6O. The molecule has 0 aliphatic heterocycles. The molecule has 1 amide bonds. The van der Waals surface area contributed by atoms with Crippen LogP contribution in [-0.2, 0) is 13.1 Å². The number of carbonyl (C=O) groups is 1. The van der Waals surface area contributed by atoms with Crippen molar-refractivity contribution in [2.75, 3.05) is 0 Å². The summed E-state index contributed by atoms with van der Waals surface area (Å²) in [4.78, 5) is 19.4. The second-order valence-corrected chi connectivity index (χ2v) is 8.07. The lowest BCUT2D eigenvalue weighted by atomic mass is 10.1. The van der Waals surface area contributed by atoms with Gasteiger partial charge >= 0.3 is 0 Å². The van der Waals surface area contributed by atoms with Crippen molar-refractivity contribution >= 4 is 34.1 Å². The van der Waals surface area contributed by atoms with Gasteiger partial charge < -0.3 is 4.90 Å². The number of carbonyl (C=O) groups excluding carboxylic acids is 1. The molecule has 158 valence electrons. The molecule has 2 aromatic carbocycles. The molecule has 0 spiro atoms. The summed E-state index contributed by atoms with van der Waals surface area (Å²) in [6.45, 7) is 2.74. The number of benzene rings is 2. The lowest BCUT2D eigenvalue weighted by molar-refractivity contribution is 0.0730. The van der Waals surface area contributed by atoms with E-state index >= 15 is 0 Å². The van der Waals surface area contributed by atoms with Gasteiger partial charge in [0.05, 0.1) is 12.1 Å². The van der Waals surface area contributed by atoms with Crippen LogP contribution in [0.4, 0.5) is 0 Å². The number of pyridine rings is 2. The number of para-hydroxylation sites is 1. The maximum Gasteiger partial charge on any atom is 0.254 e. The zero-order valence-corrected chi connectivity index (χ0v) is 18.1. The summed E-state index contributed by atoms with van der Waals surface area (Å²) in [5.41, 5.74) is 4.96. The number of fused-ring (bicyclic) bond motifs is 3. The molecule has 3 aromatic heterocycles. The number of amides is 1. The molecular weight excluding hydrogens is 424 g/mol. The largest absolute Gasteiger partial charge is 0.330 e. The molecule has 32 heavy (non-hydrogen) atoms. The molecule has 0 aliphatic rings. The van der Waals surface area contributed by atoms with E-state index in [9.17, 15) is 4.79 Å². The van der Waals surface area contributed by atoms with Crippen LogP contribution in [0.1, 0.15) is 27.0 Å². The first-order valence-electron chi connectivity index (χ1n) is 10.1. The van der Waals surface area contributed by atoms with Gasteiger partial charge in [-0.05, 0) is 58.8 Å². The molecule has 8 heteroatoms. The summed E-state index contributed by atoms with van der Waals surface area (Å²) in [6, 6.07) is 18.9. The summed E-state index contributed by atoms with van der Waals surface area (Å²) in [6.07, 6.45) is 3.47. The van der Waals surface area contributed by atoms with E-state index in [-0.39, 0.29) is 5.91 Å². The third-order valence-corrected chi connectivity index (χ3v) is 5.62. The SMILES string of the molecule is Cc1cccc2cc(CN(Cc3cccnc3)C(=O)c3cccc(Cl)c3)c3nnnn3c12. The van der Waals surface area contributed by atoms with E-state index in [4.69, 9.17) is 11.6 Å². The summed E-state index contributed by atoms with van der Waals surface area (Å²) in [5, 5.41) is 13.9. The van der Waals surface area contributed by atoms with Crippen LogP contribution < -0.4 is 0 Å². The highest BCUT2D eigenvalue weighted by Gasteiger charge is 2.20. The lowest BCUT2D eigenvalue weighted by Gasteiger charge is -2.23. The van der Waals surface area contributed by atoms with E-state index in [1.807, 2.05) is 37.3 Å². The van der Waals surface area contributed by atoms with Gasteiger partial charge in [0.25, 0.3) is 5.91 Å². The van der Waals surface area contributed by atoms with Crippen molar-refractivity contribution < 1.29 is 4.79 Å². The number of aryl methyl sites for hydroxylation is 1. The highest BCUT2D eigenvalue weighted by Crippen LogP contribution is 2.24. The van der Waals surface area contributed by atoms with Crippen LogP contribution in [0.3, 0.4) is 0 Å². The second-order valence-electron chi connectivity index (χ2n) is 7.63. The quantitative estimate of drug-likeness (QED) is 0.401. The van der Waals surface area contributed by atoms with Gasteiger partial charge in [-0.1, -0.05) is 41.9 Å². The van der Waals surface area contributed by atoms with Gasteiger partial charge in [-0.15, -0.1) is 5.10 Å². The van der Waals surface area contributed by atoms with Crippen LogP contribution >= 0.6 is 11.6 Å². The lowest BCUT2D eigenvalue weighted by Crippen LogP contribution is -2.30. The molecule has 0 saturated carbocycles. The predicted octanol–water partition coefficient (Wildman–Crippen LogP) is 4.48. The molecule has 0 aliphatic carbocycles. The molecule has 0 radical (unpaired) electrons. The van der Waals surface area contributed by atoms with E-state index < -0.39 is 0 Å². The predicted molar refractivity (Wildman–Crippen MR) is 122 cm³/mol. The average molecular weight is 443 g/mol. The third kappa shape index (κ3) is 3.78. The summed E-state index contributed by atoms with van der Waals surface area (Å²) in [5.74, 6) is -0.133. The van der Waals surface area contributed by atoms with Gasteiger partial charge in [0.1, 0.15) is 0 Å². The fourth-order valence-electron chi connectivity index (χ4n) is 3.92. The number of halogens is 1. The normalized spacial score (nSPS) is 11.2. The number of nitrogens with zero attached hydrogens (tertiary/aromatic N) is 6. The van der Waals surface area contributed by atoms with E-state index in [0.717, 1.165) is 27.6 Å². The highest BCUT2D eigenvalue weighted by atomic mass is 35.5. The van der Waals surface area contributed by atoms with Gasteiger partial charge in [-0.25, -0.2) is 0 Å². The fourth-order valence-corrected chi connectivity index (χ4v) is 4.11. The summed E-state index contributed by atoms with van der Waals surface area (Å²) in [7, 11) is 0. The number of hydrogen-bond donors (Lipinski definition) is 0. The van der Waals surface area contributed by atoms with Crippen LogP contribution in [0.25, 0.3) is 16.6 Å². The number of aromatic nitrogens is 5. The topological polar surface area (TPSA) is 76.3 Å².